The van der Waals surface area contributed by atoms with E-state index in [4.69, 9.17) is 5.11 Å². The molecule has 2 heteroatoms. The highest BCUT2D eigenvalue weighted by atomic mass is 16.3. The number of fused-ring (bicyclic) bond motifs is 2. The van der Waals surface area contributed by atoms with E-state index >= 15 is 0 Å². The number of piperidine rings is 1. The molecule has 0 aromatic rings. The summed E-state index contributed by atoms with van der Waals surface area (Å²) in [5.41, 5.74) is 0. The average Bonchev–Trinajstić information content (AvgIpc) is 2.30. The molecule has 2 aliphatic rings. The smallest absolute Gasteiger partial charge is 0.0558 e. The Hall–Kier alpha value is -0.0800. The molecule has 0 aromatic carbocycles. The Morgan fingerprint density at radius 2 is 1.73 bits per heavy atom. The number of aliphatic hydroxyl groups excluding tert-OH is 1. The standard InChI is InChI=1S/C9H17NO/c11-7-6-10-8-2-1-3-9(10)5-4-8/h8-9,11H,1-7H2. The van der Waals surface area contributed by atoms with Crippen molar-refractivity contribution in [3.05, 3.63) is 0 Å². The Kier molecular flexibility index (Phi) is 2.14. The Labute approximate surface area is 68.2 Å². The summed E-state index contributed by atoms with van der Waals surface area (Å²) in [5.74, 6) is 0. The second-order valence-electron chi connectivity index (χ2n) is 3.78. The maximum absolute atomic E-state index is 8.84. The van der Waals surface area contributed by atoms with Gasteiger partial charge < -0.3 is 5.11 Å². The van der Waals surface area contributed by atoms with E-state index in [1.165, 1.54) is 32.1 Å². The van der Waals surface area contributed by atoms with Gasteiger partial charge in [0.15, 0.2) is 0 Å². The third-order valence-corrected chi connectivity index (χ3v) is 3.20. The molecule has 0 radical (unpaired) electrons. The van der Waals surface area contributed by atoms with Crippen molar-refractivity contribution in [2.24, 2.45) is 0 Å². The molecule has 64 valence electrons. The number of hydrogen-bond acceptors (Lipinski definition) is 2. The lowest BCUT2D eigenvalue weighted by Gasteiger charge is -2.33. The van der Waals surface area contributed by atoms with Gasteiger partial charge in [-0.25, -0.2) is 0 Å². The first-order valence-corrected chi connectivity index (χ1v) is 4.78. The maximum atomic E-state index is 8.84. The molecule has 2 aliphatic heterocycles. The van der Waals surface area contributed by atoms with Crippen molar-refractivity contribution in [3.63, 3.8) is 0 Å². The van der Waals surface area contributed by atoms with Crippen LogP contribution in [0.1, 0.15) is 32.1 Å². The van der Waals surface area contributed by atoms with Crippen LogP contribution in [-0.4, -0.2) is 35.2 Å². The van der Waals surface area contributed by atoms with Crippen LogP contribution in [0.15, 0.2) is 0 Å². The summed E-state index contributed by atoms with van der Waals surface area (Å²) in [5, 5.41) is 8.84. The zero-order valence-electron chi connectivity index (χ0n) is 7.00. The molecule has 2 rings (SSSR count). The molecule has 0 aliphatic carbocycles. The first kappa shape index (κ1) is 7.56. The van der Waals surface area contributed by atoms with Crippen LogP contribution < -0.4 is 0 Å². The van der Waals surface area contributed by atoms with Crippen molar-refractivity contribution in [2.45, 2.75) is 44.2 Å². The predicted molar refractivity (Wildman–Crippen MR) is 44.5 cm³/mol. The van der Waals surface area contributed by atoms with Crippen LogP contribution in [0.3, 0.4) is 0 Å². The third kappa shape index (κ3) is 1.30. The lowest BCUT2D eigenvalue weighted by molar-refractivity contribution is 0.110. The van der Waals surface area contributed by atoms with Gasteiger partial charge in [-0.2, -0.15) is 0 Å². The largest absolute Gasteiger partial charge is 0.395 e. The van der Waals surface area contributed by atoms with E-state index in [0.717, 1.165) is 18.6 Å². The van der Waals surface area contributed by atoms with Crippen molar-refractivity contribution in [1.29, 1.82) is 0 Å². The van der Waals surface area contributed by atoms with Gasteiger partial charge >= 0.3 is 0 Å². The second kappa shape index (κ2) is 3.11. The second-order valence-corrected chi connectivity index (χ2v) is 3.78. The molecule has 2 atom stereocenters. The van der Waals surface area contributed by atoms with Gasteiger partial charge in [-0.3, -0.25) is 4.90 Å². The fourth-order valence-electron chi connectivity index (χ4n) is 2.70. The SMILES string of the molecule is OCCN1C2CCCC1CC2. The minimum atomic E-state index is 0.340. The molecule has 2 nitrogen and oxygen atoms in total. The van der Waals surface area contributed by atoms with E-state index < -0.39 is 0 Å². The summed E-state index contributed by atoms with van der Waals surface area (Å²) in [7, 11) is 0. The monoisotopic (exact) mass is 155 g/mol. The van der Waals surface area contributed by atoms with Crippen molar-refractivity contribution in [3.8, 4) is 0 Å². The van der Waals surface area contributed by atoms with E-state index in [1.54, 1.807) is 0 Å². The Balaban J connectivity index is 1.97. The normalized spacial score (nSPS) is 37.9. The van der Waals surface area contributed by atoms with Crippen LogP contribution in [0.25, 0.3) is 0 Å². The number of aliphatic hydroxyl groups is 1. The lowest BCUT2D eigenvalue weighted by atomic mass is 10.0. The van der Waals surface area contributed by atoms with Crippen LogP contribution in [0.4, 0.5) is 0 Å². The van der Waals surface area contributed by atoms with Gasteiger partial charge in [0.05, 0.1) is 6.61 Å². The number of hydrogen-bond donors (Lipinski definition) is 1. The summed E-state index contributed by atoms with van der Waals surface area (Å²) in [6, 6.07) is 1.64. The molecule has 11 heavy (non-hydrogen) atoms. The van der Waals surface area contributed by atoms with E-state index in [9.17, 15) is 0 Å². The quantitative estimate of drug-likeness (QED) is 0.643. The van der Waals surface area contributed by atoms with Crippen LogP contribution in [-0.2, 0) is 0 Å². The van der Waals surface area contributed by atoms with Crippen LogP contribution in [0.5, 0.6) is 0 Å². The van der Waals surface area contributed by atoms with Gasteiger partial charge in [0.25, 0.3) is 0 Å². The van der Waals surface area contributed by atoms with Gasteiger partial charge in [-0.05, 0) is 25.7 Å². The molecule has 0 amide bonds. The van der Waals surface area contributed by atoms with Crippen molar-refractivity contribution < 1.29 is 5.11 Å². The molecule has 2 fully saturated rings. The lowest BCUT2D eigenvalue weighted by Crippen LogP contribution is -2.41. The predicted octanol–water partition coefficient (Wildman–Crippen LogP) is 0.996. The van der Waals surface area contributed by atoms with E-state index in [1.807, 2.05) is 0 Å². The minimum absolute atomic E-state index is 0.340. The highest BCUT2D eigenvalue weighted by Gasteiger charge is 2.35. The molecule has 1 N–H and O–H groups in total. The summed E-state index contributed by atoms with van der Waals surface area (Å²) in [4.78, 5) is 2.52. The molecule has 0 spiro atoms. The first-order chi connectivity index (χ1) is 5.42. The summed E-state index contributed by atoms with van der Waals surface area (Å²) < 4.78 is 0. The molecule has 0 aromatic heterocycles. The Morgan fingerprint density at radius 1 is 1.09 bits per heavy atom. The van der Waals surface area contributed by atoms with Crippen LogP contribution in [0.2, 0.25) is 0 Å². The highest BCUT2D eigenvalue weighted by molar-refractivity contribution is 4.91. The van der Waals surface area contributed by atoms with Gasteiger partial charge in [-0.15, -0.1) is 0 Å². The van der Waals surface area contributed by atoms with Gasteiger partial charge in [0, 0.05) is 18.6 Å². The summed E-state index contributed by atoms with van der Waals surface area (Å²) >= 11 is 0. The fraction of sp³-hybridized carbons (Fsp3) is 1.00. The molecular formula is C9H17NO. The van der Waals surface area contributed by atoms with E-state index in [2.05, 4.69) is 4.90 Å². The zero-order valence-corrected chi connectivity index (χ0v) is 7.00. The molecule has 2 unspecified atom stereocenters. The van der Waals surface area contributed by atoms with Gasteiger partial charge in [0.2, 0.25) is 0 Å². The molecule has 0 saturated carbocycles. The van der Waals surface area contributed by atoms with Crippen LogP contribution in [0, 0.1) is 0 Å². The zero-order chi connectivity index (χ0) is 7.68. The van der Waals surface area contributed by atoms with Crippen LogP contribution >= 0.6 is 0 Å². The van der Waals surface area contributed by atoms with Gasteiger partial charge in [-0.1, -0.05) is 6.42 Å². The Bertz CT molecular complexity index is 122. The molecular weight excluding hydrogens is 138 g/mol. The van der Waals surface area contributed by atoms with Gasteiger partial charge in [0.1, 0.15) is 0 Å². The molecule has 2 saturated heterocycles. The van der Waals surface area contributed by atoms with E-state index in [-0.39, 0.29) is 0 Å². The van der Waals surface area contributed by atoms with E-state index in [0.29, 0.717) is 6.61 Å². The minimum Gasteiger partial charge on any atom is -0.395 e. The van der Waals surface area contributed by atoms with Crippen molar-refractivity contribution >= 4 is 0 Å². The first-order valence-electron chi connectivity index (χ1n) is 4.78. The third-order valence-electron chi connectivity index (χ3n) is 3.20. The topological polar surface area (TPSA) is 23.5 Å². The molecule has 2 heterocycles. The summed E-state index contributed by atoms with van der Waals surface area (Å²) in [6.45, 7) is 1.25. The Morgan fingerprint density at radius 3 is 2.27 bits per heavy atom. The maximum Gasteiger partial charge on any atom is 0.0558 e. The fourth-order valence-corrected chi connectivity index (χ4v) is 2.70. The highest BCUT2D eigenvalue weighted by Crippen LogP contribution is 2.34. The molecule has 2 bridgehead atoms. The number of rotatable bonds is 2. The average molecular weight is 155 g/mol. The van der Waals surface area contributed by atoms with Crippen molar-refractivity contribution in [2.75, 3.05) is 13.2 Å². The number of nitrogens with zero attached hydrogens (tertiary/aromatic N) is 1. The summed E-state index contributed by atoms with van der Waals surface area (Å²) in [6.07, 6.45) is 6.92. The van der Waals surface area contributed by atoms with Crippen molar-refractivity contribution in [1.82, 2.24) is 4.90 Å².